The van der Waals surface area contributed by atoms with Crippen molar-refractivity contribution < 1.29 is 4.79 Å². The molecule has 0 aromatic heterocycles. The quantitative estimate of drug-likeness (QED) is 0.754. The SMILES string of the molecule is O=C(N/C=C/c1ccc(Br)cc1)NCCN1CCNCC1. The van der Waals surface area contributed by atoms with Gasteiger partial charge in [0.2, 0.25) is 0 Å². The number of rotatable bonds is 5. The van der Waals surface area contributed by atoms with Gasteiger partial charge in [0.05, 0.1) is 0 Å². The molecule has 21 heavy (non-hydrogen) atoms. The first kappa shape index (κ1) is 16.0. The maximum Gasteiger partial charge on any atom is 0.318 e. The van der Waals surface area contributed by atoms with Crippen molar-refractivity contribution in [2.45, 2.75) is 0 Å². The van der Waals surface area contributed by atoms with Crippen molar-refractivity contribution in [1.29, 1.82) is 0 Å². The van der Waals surface area contributed by atoms with Crippen LogP contribution in [-0.4, -0.2) is 50.2 Å². The van der Waals surface area contributed by atoms with Crippen LogP contribution in [0.3, 0.4) is 0 Å². The molecule has 1 aliphatic rings. The predicted molar refractivity (Wildman–Crippen MR) is 89.0 cm³/mol. The Labute approximate surface area is 133 Å². The number of nitrogens with one attached hydrogen (secondary N) is 3. The van der Waals surface area contributed by atoms with E-state index < -0.39 is 0 Å². The number of halogens is 1. The molecular formula is C15H21BrN4O. The molecule has 1 aromatic carbocycles. The third-order valence-corrected chi connectivity index (χ3v) is 3.81. The Hall–Kier alpha value is -1.37. The smallest absolute Gasteiger partial charge is 0.318 e. The van der Waals surface area contributed by atoms with Gasteiger partial charge in [-0.1, -0.05) is 28.1 Å². The van der Waals surface area contributed by atoms with Crippen LogP contribution in [0.15, 0.2) is 34.9 Å². The third kappa shape index (κ3) is 6.29. The van der Waals surface area contributed by atoms with E-state index in [2.05, 4.69) is 36.8 Å². The topological polar surface area (TPSA) is 56.4 Å². The summed E-state index contributed by atoms with van der Waals surface area (Å²) in [6, 6.07) is 7.72. The van der Waals surface area contributed by atoms with Crippen LogP contribution in [0.2, 0.25) is 0 Å². The minimum Gasteiger partial charge on any atom is -0.337 e. The van der Waals surface area contributed by atoms with Crippen molar-refractivity contribution in [2.24, 2.45) is 0 Å². The summed E-state index contributed by atoms with van der Waals surface area (Å²) >= 11 is 3.39. The number of urea groups is 1. The Morgan fingerprint density at radius 2 is 2.00 bits per heavy atom. The van der Waals surface area contributed by atoms with E-state index in [1.165, 1.54) is 0 Å². The molecule has 0 spiro atoms. The summed E-state index contributed by atoms with van der Waals surface area (Å²) in [5.41, 5.74) is 1.04. The molecule has 0 atom stereocenters. The lowest BCUT2D eigenvalue weighted by atomic mass is 10.2. The summed E-state index contributed by atoms with van der Waals surface area (Å²) in [7, 11) is 0. The Bertz CT molecular complexity index is 469. The molecule has 5 nitrogen and oxygen atoms in total. The summed E-state index contributed by atoms with van der Waals surface area (Å²) in [6.45, 7) is 5.72. The Balaban J connectivity index is 1.61. The van der Waals surface area contributed by atoms with Crippen LogP contribution in [0.4, 0.5) is 4.79 Å². The molecule has 2 amide bonds. The summed E-state index contributed by atoms with van der Waals surface area (Å²) in [5.74, 6) is 0. The molecule has 6 heteroatoms. The van der Waals surface area contributed by atoms with Gasteiger partial charge in [-0.05, 0) is 23.8 Å². The molecule has 3 N–H and O–H groups in total. The molecule has 0 saturated carbocycles. The first-order valence-corrected chi connectivity index (χ1v) is 7.93. The van der Waals surface area contributed by atoms with E-state index >= 15 is 0 Å². The first-order valence-electron chi connectivity index (χ1n) is 7.13. The zero-order chi connectivity index (χ0) is 14.9. The number of hydrogen-bond donors (Lipinski definition) is 3. The lowest BCUT2D eigenvalue weighted by Gasteiger charge is -2.26. The maximum atomic E-state index is 11.6. The van der Waals surface area contributed by atoms with E-state index in [-0.39, 0.29) is 6.03 Å². The molecule has 114 valence electrons. The fourth-order valence-corrected chi connectivity index (χ4v) is 2.37. The molecule has 0 radical (unpaired) electrons. The van der Waals surface area contributed by atoms with E-state index in [4.69, 9.17) is 0 Å². The van der Waals surface area contributed by atoms with Gasteiger partial charge in [-0.3, -0.25) is 4.90 Å². The van der Waals surface area contributed by atoms with E-state index in [9.17, 15) is 4.79 Å². The highest BCUT2D eigenvalue weighted by atomic mass is 79.9. The maximum absolute atomic E-state index is 11.6. The van der Waals surface area contributed by atoms with Crippen molar-refractivity contribution in [1.82, 2.24) is 20.9 Å². The Morgan fingerprint density at radius 1 is 1.29 bits per heavy atom. The van der Waals surface area contributed by atoms with Gasteiger partial charge in [-0.15, -0.1) is 0 Å². The second-order valence-corrected chi connectivity index (χ2v) is 5.79. The second kappa shape index (κ2) is 8.81. The fraction of sp³-hybridized carbons (Fsp3) is 0.400. The van der Waals surface area contributed by atoms with Gasteiger partial charge in [0.25, 0.3) is 0 Å². The normalized spacial score (nSPS) is 16.0. The molecule has 1 heterocycles. The summed E-state index contributed by atoms with van der Waals surface area (Å²) in [4.78, 5) is 14.0. The van der Waals surface area contributed by atoms with Crippen LogP contribution in [0.1, 0.15) is 5.56 Å². The van der Waals surface area contributed by atoms with E-state index in [1.807, 2.05) is 30.3 Å². The van der Waals surface area contributed by atoms with Crippen LogP contribution in [0.25, 0.3) is 6.08 Å². The predicted octanol–water partition coefficient (Wildman–Crippen LogP) is 1.62. The number of benzene rings is 1. The lowest BCUT2D eigenvalue weighted by molar-refractivity contribution is 0.229. The minimum absolute atomic E-state index is 0.168. The molecule has 1 fully saturated rings. The standard InChI is InChI=1S/C15H21BrN4O/c16-14-3-1-13(2-4-14)5-6-18-15(21)19-9-12-20-10-7-17-8-11-20/h1-6,17H,7-12H2,(H2,18,19,21)/b6-5+. The van der Waals surface area contributed by atoms with Crippen LogP contribution < -0.4 is 16.0 Å². The van der Waals surface area contributed by atoms with Gasteiger partial charge in [0, 0.05) is 49.9 Å². The van der Waals surface area contributed by atoms with Crippen molar-refractivity contribution >= 4 is 28.0 Å². The fourth-order valence-electron chi connectivity index (χ4n) is 2.10. The van der Waals surface area contributed by atoms with Crippen molar-refractivity contribution in [3.8, 4) is 0 Å². The largest absolute Gasteiger partial charge is 0.337 e. The average molecular weight is 353 g/mol. The monoisotopic (exact) mass is 352 g/mol. The highest BCUT2D eigenvalue weighted by molar-refractivity contribution is 9.10. The Kier molecular flexibility index (Phi) is 6.72. The molecule has 1 aromatic rings. The number of hydrogen-bond acceptors (Lipinski definition) is 3. The number of nitrogens with zero attached hydrogens (tertiary/aromatic N) is 1. The van der Waals surface area contributed by atoms with Crippen molar-refractivity contribution in [3.05, 3.63) is 40.5 Å². The van der Waals surface area contributed by atoms with E-state index in [0.29, 0.717) is 6.54 Å². The summed E-state index contributed by atoms with van der Waals surface area (Å²) in [6.07, 6.45) is 3.52. The highest BCUT2D eigenvalue weighted by Crippen LogP contribution is 2.11. The number of carbonyl (C=O) groups excluding carboxylic acids is 1. The van der Waals surface area contributed by atoms with Crippen LogP contribution >= 0.6 is 15.9 Å². The minimum atomic E-state index is -0.168. The van der Waals surface area contributed by atoms with Crippen molar-refractivity contribution in [2.75, 3.05) is 39.3 Å². The zero-order valence-electron chi connectivity index (χ0n) is 11.9. The molecule has 1 saturated heterocycles. The Morgan fingerprint density at radius 3 is 2.71 bits per heavy atom. The summed E-state index contributed by atoms with van der Waals surface area (Å²) < 4.78 is 1.04. The number of carbonyl (C=O) groups is 1. The molecule has 2 rings (SSSR count). The van der Waals surface area contributed by atoms with Gasteiger partial charge in [-0.2, -0.15) is 0 Å². The van der Waals surface area contributed by atoms with Gasteiger partial charge in [0.15, 0.2) is 0 Å². The van der Waals surface area contributed by atoms with Gasteiger partial charge >= 0.3 is 6.03 Å². The van der Waals surface area contributed by atoms with E-state index in [1.54, 1.807) is 6.20 Å². The van der Waals surface area contributed by atoms with Crippen molar-refractivity contribution in [3.63, 3.8) is 0 Å². The van der Waals surface area contributed by atoms with Gasteiger partial charge < -0.3 is 16.0 Å². The van der Waals surface area contributed by atoms with E-state index in [0.717, 1.165) is 42.8 Å². The highest BCUT2D eigenvalue weighted by Gasteiger charge is 2.08. The molecule has 0 bridgehead atoms. The van der Waals surface area contributed by atoms with Gasteiger partial charge in [0.1, 0.15) is 0 Å². The summed E-state index contributed by atoms with van der Waals surface area (Å²) in [5, 5.41) is 8.87. The molecule has 1 aliphatic heterocycles. The third-order valence-electron chi connectivity index (χ3n) is 3.28. The van der Waals surface area contributed by atoms with Gasteiger partial charge in [-0.25, -0.2) is 4.79 Å². The van der Waals surface area contributed by atoms with Crippen LogP contribution in [0, 0.1) is 0 Å². The zero-order valence-corrected chi connectivity index (χ0v) is 13.5. The molecule has 0 unspecified atom stereocenters. The van der Waals surface area contributed by atoms with Crippen LogP contribution in [0.5, 0.6) is 0 Å². The lowest BCUT2D eigenvalue weighted by Crippen LogP contribution is -2.46. The average Bonchev–Trinajstić information content (AvgIpc) is 2.50. The van der Waals surface area contributed by atoms with Crippen LogP contribution in [-0.2, 0) is 0 Å². The number of piperazine rings is 1. The molecular weight excluding hydrogens is 332 g/mol. The second-order valence-electron chi connectivity index (χ2n) is 4.88. The first-order chi connectivity index (χ1) is 10.2. The number of amides is 2. The molecule has 0 aliphatic carbocycles.